The van der Waals surface area contributed by atoms with Gasteiger partial charge in [-0.15, -0.1) is 10.2 Å². The molecule has 48 heavy (non-hydrogen) atoms. The number of nitrogens with one attached hydrogen (secondary N) is 1. The lowest BCUT2D eigenvalue weighted by Gasteiger charge is -2.46. The largest absolute Gasteiger partial charge is 0.434 e. The number of ether oxygens (including phenoxy) is 1. The van der Waals surface area contributed by atoms with Crippen LogP contribution in [-0.2, 0) is 0 Å². The molecule has 3 aromatic rings. The molecule has 1 spiro atoms. The van der Waals surface area contributed by atoms with Crippen molar-refractivity contribution >= 4 is 17.6 Å². The van der Waals surface area contributed by atoms with Crippen molar-refractivity contribution in [1.82, 2.24) is 35.5 Å². The lowest BCUT2D eigenvalue weighted by atomic mass is 9.67. The van der Waals surface area contributed by atoms with E-state index < -0.39 is 5.82 Å². The smallest absolute Gasteiger partial charge is 0.282 e. The predicted octanol–water partition coefficient (Wildman–Crippen LogP) is 5.25. The molecule has 1 aliphatic carbocycles. The number of rotatable bonds is 10. The molecule has 1 N–H and O–H groups in total. The first-order chi connectivity index (χ1) is 23.1. The fourth-order valence-electron chi connectivity index (χ4n) is 7.66. The summed E-state index contributed by atoms with van der Waals surface area (Å²) in [7, 11) is 0. The second kappa shape index (κ2) is 14.6. The van der Waals surface area contributed by atoms with E-state index in [2.05, 4.69) is 35.5 Å². The number of aromatic nitrogens is 4. The van der Waals surface area contributed by atoms with E-state index in [9.17, 15) is 14.0 Å². The standard InChI is InChI=1S/C35H47FN8O4/c1-5-44(23(2)3)34(46)28-19-26(36)6-7-30(28)47-33-31(37-22-38-40-33)43-15-10-25(21-43)20-42-16-13-35(14-17-42)11-8-27(9-12-35)39-32(45)29-18-24(4)48-41-29/h6-7,18-19,22-23,25,27H,5,8-17,20-21H2,1-4H3,(H,39,45)/t25-/m0/s1. The summed E-state index contributed by atoms with van der Waals surface area (Å²) in [4.78, 5) is 36.8. The van der Waals surface area contributed by atoms with Gasteiger partial charge in [-0.2, -0.15) is 0 Å². The summed E-state index contributed by atoms with van der Waals surface area (Å²) in [6, 6.07) is 5.77. The van der Waals surface area contributed by atoms with Crippen molar-refractivity contribution in [3.63, 3.8) is 0 Å². The minimum absolute atomic E-state index is 0.0514. The number of aryl methyl sites for hydroxylation is 1. The number of carbonyl (C=O) groups is 2. The number of halogens is 1. The van der Waals surface area contributed by atoms with Crippen LogP contribution in [0.25, 0.3) is 0 Å². The zero-order valence-corrected chi connectivity index (χ0v) is 28.5. The normalized spacial score (nSPS) is 20.0. The van der Waals surface area contributed by atoms with E-state index in [0.717, 1.165) is 64.8 Å². The van der Waals surface area contributed by atoms with Crippen molar-refractivity contribution in [2.24, 2.45) is 11.3 Å². The van der Waals surface area contributed by atoms with Gasteiger partial charge < -0.3 is 29.3 Å². The van der Waals surface area contributed by atoms with Gasteiger partial charge in [0.15, 0.2) is 11.5 Å². The monoisotopic (exact) mass is 662 g/mol. The maximum atomic E-state index is 14.3. The summed E-state index contributed by atoms with van der Waals surface area (Å²) in [6.45, 7) is 12.8. The Kier molecular flexibility index (Phi) is 10.2. The van der Waals surface area contributed by atoms with Gasteiger partial charge in [0, 0.05) is 44.3 Å². The zero-order valence-electron chi connectivity index (χ0n) is 28.5. The van der Waals surface area contributed by atoms with Crippen LogP contribution in [0.5, 0.6) is 11.6 Å². The third-order valence-electron chi connectivity index (χ3n) is 10.4. The minimum atomic E-state index is -0.510. The van der Waals surface area contributed by atoms with Gasteiger partial charge >= 0.3 is 0 Å². The Morgan fingerprint density at radius 2 is 1.90 bits per heavy atom. The summed E-state index contributed by atoms with van der Waals surface area (Å²) < 4.78 is 25.5. The number of nitrogens with zero attached hydrogens (tertiary/aromatic N) is 7. The van der Waals surface area contributed by atoms with Crippen LogP contribution in [0.3, 0.4) is 0 Å². The van der Waals surface area contributed by atoms with Crippen molar-refractivity contribution in [1.29, 1.82) is 0 Å². The van der Waals surface area contributed by atoms with Gasteiger partial charge in [0.05, 0.1) is 5.56 Å². The van der Waals surface area contributed by atoms with Crippen LogP contribution in [0, 0.1) is 24.1 Å². The molecule has 1 aromatic carbocycles. The Hall–Kier alpha value is -4.13. The Labute approximate surface area is 281 Å². The van der Waals surface area contributed by atoms with E-state index in [1.807, 2.05) is 20.8 Å². The molecule has 6 rings (SSSR count). The summed E-state index contributed by atoms with van der Waals surface area (Å²) in [5, 5.41) is 15.2. The predicted molar refractivity (Wildman–Crippen MR) is 178 cm³/mol. The van der Waals surface area contributed by atoms with Crippen LogP contribution in [0.1, 0.15) is 92.3 Å². The van der Waals surface area contributed by atoms with Gasteiger partial charge in [0.1, 0.15) is 23.7 Å². The molecule has 2 aromatic heterocycles. The molecule has 0 bridgehead atoms. The third-order valence-corrected chi connectivity index (χ3v) is 10.4. The number of hydrogen-bond acceptors (Lipinski definition) is 10. The summed E-state index contributed by atoms with van der Waals surface area (Å²) in [6.07, 6.45) is 9.08. The van der Waals surface area contributed by atoms with Crippen molar-refractivity contribution in [2.45, 2.75) is 84.7 Å². The van der Waals surface area contributed by atoms with Gasteiger partial charge in [-0.3, -0.25) is 9.59 Å². The topological polar surface area (TPSA) is 130 Å². The first-order valence-electron chi connectivity index (χ1n) is 17.3. The molecule has 0 unspecified atom stereocenters. The van der Waals surface area contributed by atoms with E-state index in [0.29, 0.717) is 35.1 Å². The number of anilines is 1. The van der Waals surface area contributed by atoms with Gasteiger partial charge in [-0.1, -0.05) is 5.16 Å². The number of carbonyl (C=O) groups excluding carboxylic acids is 2. The van der Waals surface area contributed by atoms with Crippen molar-refractivity contribution in [3.8, 4) is 11.6 Å². The Balaban J connectivity index is 1.01. The molecule has 2 aliphatic heterocycles. The molecule has 2 saturated heterocycles. The van der Waals surface area contributed by atoms with Gasteiger partial charge in [0.2, 0.25) is 0 Å². The highest BCUT2D eigenvalue weighted by atomic mass is 19.1. The maximum Gasteiger partial charge on any atom is 0.282 e. The fraction of sp³-hybridized carbons (Fsp3) is 0.600. The van der Waals surface area contributed by atoms with Gasteiger partial charge in [-0.25, -0.2) is 9.37 Å². The van der Waals surface area contributed by atoms with Crippen LogP contribution in [0.4, 0.5) is 10.2 Å². The molecule has 12 nitrogen and oxygen atoms in total. The maximum absolute atomic E-state index is 14.3. The second-order valence-corrected chi connectivity index (χ2v) is 14.0. The highest BCUT2D eigenvalue weighted by molar-refractivity contribution is 5.97. The lowest BCUT2D eigenvalue weighted by Crippen LogP contribution is -2.46. The Morgan fingerprint density at radius 3 is 2.58 bits per heavy atom. The molecule has 1 saturated carbocycles. The Bertz CT molecular complexity index is 1580. The number of likely N-dealkylation sites (tertiary alicyclic amines) is 1. The third kappa shape index (κ3) is 7.61. The van der Waals surface area contributed by atoms with Crippen molar-refractivity contribution in [3.05, 3.63) is 53.4 Å². The molecule has 4 heterocycles. The molecular formula is C35H47FN8O4. The first kappa shape index (κ1) is 33.8. The van der Waals surface area contributed by atoms with E-state index >= 15 is 0 Å². The molecule has 3 aliphatic rings. The second-order valence-electron chi connectivity index (χ2n) is 14.0. The number of piperidine rings is 1. The van der Waals surface area contributed by atoms with Crippen molar-refractivity contribution in [2.75, 3.05) is 44.2 Å². The van der Waals surface area contributed by atoms with Gasteiger partial charge in [0.25, 0.3) is 17.7 Å². The summed E-state index contributed by atoms with van der Waals surface area (Å²) in [5.74, 6) is 1.15. The SMILES string of the molecule is CCN(C(=O)c1cc(F)ccc1Oc1nncnc1N1CC[C@@H](CN2CCC3(CCC(NC(=O)c4cc(C)on4)CC3)CC2)C1)C(C)C. The van der Waals surface area contributed by atoms with Crippen LogP contribution < -0.4 is 15.0 Å². The van der Waals surface area contributed by atoms with E-state index in [1.165, 1.54) is 37.4 Å². The van der Waals surface area contributed by atoms with Gasteiger partial charge in [-0.05, 0) is 115 Å². The average Bonchev–Trinajstić information content (AvgIpc) is 3.73. The van der Waals surface area contributed by atoms with Crippen molar-refractivity contribution < 1.29 is 23.2 Å². The molecular weight excluding hydrogens is 615 g/mol. The zero-order chi connectivity index (χ0) is 33.8. The van der Waals surface area contributed by atoms with E-state index in [1.54, 1.807) is 17.9 Å². The molecule has 3 fully saturated rings. The molecule has 0 radical (unpaired) electrons. The van der Waals surface area contributed by atoms with Crippen LogP contribution in [0.15, 0.2) is 35.1 Å². The molecule has 2 amide bonds. The minimum Gasteiger partial charge on any atom is -0.434 e. The van der Waals surface area contributed by atoms with Crippen LogP contribution in [-0.4, -0.2) is 93.3 Å². The highest BCUT2D eigenvalue weighted by Gasteiger charge is 2.39. The molecule has 1 atom stereocenters. The highest BCUT2D eigenvalue weighted by Crippen LogP contribution is 2.45. The number of amides is 2. The molecule has 258 valence electrons. The first-order valence-corrected chi connectivity index (χ1v) is 17.3. The van der Waals surface area contributed by atoms with E-state index in [-0.39, 0.29) is 41.1 Å². The lowest BCUT2D eigenvalue weighted by molar-refractivity contribution is 0.0510. The summed E-state index contributed by atoms with van der Waals surface area (Å²) >= 11 is 0. The quantitative estimate of drug-likeness (QED) is 0.307. The Morgan fingerprint density at radius 1 is 1.12 bits per heavy atom. The van der Waals surface area contributed by atoms with Crippen LogP contribution >= 0.6 is 0 Å². The fourth-order valence-corrected chi connectivity index (χ4v) is 7.66. The summed E-state index contributed by atoms with van der Waals surface area (Å²) in [5.41, 5.74) is 0.863. The van der Waals surface area contributed by atoms with E-state index in [4.69, 9.17) is 9.26 Å². The van der Waals surface area contributed by atoms with Crippen LogP contribution in [0.2, 0.25) is 0 Å². The average molecular weight is 663 g/mol. The number of benzene rings is 1. The number of hydrogen-bond donors (Lipinski definition) is 1. The molecule has 13 heteroatoms.